The van der Waals surface area contributed by atoms with E-state index in [-0.39, 0.29) is 28.2 Å². The molecule has 0 spiro atoms. The van der Waals surface area contributed by atoms with E-state index in [1.54, 1.807) is 0 Å². The van der Waals surface area contributed by atoms with Gasteiger partial charge in [-0.15, -0.1) is 0 Å². The van der Waals surface area contributed by atoms with E-state index in [1.165, 1.54) is 0 Å². The third-order valence-electron chi connectivity index (χ3n) is 0.728. The van der Waals surface area contributed by atoms with Gasteiger partial charge in [-0.05, 0) is 0 Å². The Morgan fingerprint density at radius 1 is 1.14 bits per heavy atom. The molecule has 0 saturated heterocycles. The number of rotatable bonds is 8. The normalized spacial score (nSPS) is 6.64. The Hall–Kier alpha value is -0.995. The summed E-state index contributed by atoms with van der Waals surface area (Å²) in [6, 6.07) is 0. The molecule has 0 aliphatic heterocycles. The Morgan fingerprint density at radius 3 is 2.00 bits per heavy atom. The second kappa shape index (κ2) is 10.1. The first-order valence-corrected chi connectivity index (χ1v) is 2.85. The van der Waals surface area contributed by atoms with E-state index >= 15 is 0 Å². The molecule has 0 aromatic heterocycles. The van der Waals surface area contributed by atoms with Crippen LogP contribution in [0.15, 0.2) is 0 Å². The molecule has 0 fully saturated rings. The van der Waals surface area contributed by atoms with Gasteiger partial charge in [-0.3, -0.25) is 0 Å². The fourth-order valence-electron chi connectivity index (χ4n) is 0.359. The summed E-state index contributed by atoms with van der Waals surface area (Å²) in [5.41, 5.74) is 0. The van der Waals surface area contributed by atoms with Crippen LogP contribution in [0.1, 0.15) is 0 Å². The van der Waals surface area contributed by atoms with E-state index in [9.17, 15) is 14.4 Å². The van der Waals surface area contributed by atoms with Crippen molar-refractivity contribution >= 4 is 36.7 Å². The van der Waals surface area contributed by atoms with Gasteiger partial charge in [0.15, 0.2) is 0 Å². The third kappa shape index (κ3) is 7.64. The maximum atomic E-state index is 10.5. The summed E-state index contributed by atoms with van der Waals surface area (Å²) in [5, 5.41) is 10.5. The van der Waals surface area contributed by atoms with Crippen molar-refractivity contribution < 1.29 is 37.4 Å². The molecule has 0 amide bonds. The molecule has 0 rings (SSSR count). The average molecular weight is 200 g/mol. The van der Waals surface area contributed by atoms with Crippen LogP contribution in [0.5, 0.6) is 0 Å². The molecule has 0 radical (unpaired) electrons. The zero-order chi connectivity index (χ0) is 10.1. The van der Waals surface area contributed by atoms with Gasteiger partial charge in [-0.2, -0.15) is 0 Å². The van der Waals surface area contributed by atoms with E-state index < -0.39 is 14.6 Å². The van der Waals surface area contributed by atoms with Crippen molar-refractivity contribution in [2.75, 3.05) is 0 Å². The molecule has 0 bridgehead atoms. The van der Waals surface area contributed by atoms with E-state index in [0.29, 0.717) is 0 Å². The topological polar surface area (TPSA) is 151 Å². The monoisotopic (exact) mass is 201 g/mol. The van der Waals surface area contributed by atoms with Crippen LogP contribution in [-0.4, -0.2) is 41.4 Å². The predicted octanol–water partition coefficient (Wildman–Crippen LogP) is -3.62. The van der Waals surface area contributed by atoms with Crippen molar-refractivity contribution in [2.45, 2.75) is 0 Å². The predicted molar refractivity (Wildman–Crippen MR) is 41.4 cm³/mol. The first-order valence-electron chi connectivity index (χ1n) is 2.85. The van der Waals surface area contributed by atoms with Crippen LogP contribution in [0.25, 0.3) is 0 Å². The van der Waals surface area contributed by atoms with Crippen molar-refractivity contribution in [3.63, 3.8) is 0 Å². The van der Waals surface area contributed by atoms with E-state index in [2.05, 4.69) is 18.3 Å². The average Bonchev–Trinajstić information content (AvgIpc) is 2.05. The van der Waals surface area contributed by atoms with Gasteiger partial charge < -0.3 is 6.15 Å². The number of hydrogen-bond donors (Lipinski definition) is 1. The van der Waals surface area contributed by atoms with Crippen molar-refractivity contribution in [3.05, 3.63) is 0 Å². The molecule has 4 N–H and O–H groups in total. The van der Waals surface area contributed by atoms with E-state index in [1.807, 2.05) is 0 Å². The summed E-state index contributed by atoms with van der Waals surface area (Å²) in [4.78, 5) is 0. The van der Waals surface area contributed by atoms with Gasteiger partial charge in [0.2, 0.25) is 0 Å². The molecule has 0 aliphatic carbocycles. The minimum absolute atomic E-state index is 0. The Bertz CT molecular complexity index is 163. The van der Waals surface area contributed by atoms with Crippen LogP contribution in [0.3, 0.4) is 0 Å². The molecule has 0 saturated carbocycles. The molecule has 72 valence electrons. The summed E-state index contributed by atoms with van der Waals surface area (Å²) in [5.74, 6) is 0. The van der Waals surface area contributed by atoms with Gasteiger partial charge >= 0.3 is 74.1 Å². The Kier molecular flexibility index (Phi) is 11.2. The molecule has 0 aliphatic rings. The molecular formula is H4B5NO8. The molecule has 14 heavy (non-hydrogen) atoms. The van der Waals surface area contributed by atoms with E-state index in [4.69, 9.17) is 4.70 Å². The molecular weight excluding hydrogens is 196 g/mol. The summed E-state index contributed by atoms with van der Waals surface area (Å²) in [6.45, 7) is 0. The second-order valence-corrected chi connectivity index (χ2v) is 1.42. The van der Waals surface area contributed by atoms with Crippen LogP contribution in [0.4, 0.5) is 0 Å². The van der Waals surface area contributed by atoms with Gasteiger partial charge in [0.05, 0.1) is 0 Å². The van der Waals surface area contributed by atoms with Crippen LogP contribution in [-0.2, 0) is 27.7 Å². The molecule has 9 nitrogen and oxygen atoms in total. The SMILES string of the molecule is N.O=BOB(OB=O)OB([O-])OB=[OH+]. The van der Waals surface area contributed by atoms with Crippen LogP contribution < -0.4 is 11.2 Å². The summed E-state index contributed by atoms with van der Waals surface area (Å²) in [7, 11) is -4.07. The molecule has 0 aromatic rings. The molecule has 0 atom stereocenters. The Balaban J connectivity index is 0. The first kappa shape index (κ1) is 15.5. The van der Waals surface area contributed by atoms with Crippen LogP contribution in [0, 0.1) is 0 Å². The molecule has 14 heteroatoms. The Labute approximate surface area is 81.2 Å². The Morgan fingerprint density at radius 2 is 1.64 bits per heavy atom. The zero-order valence-corrected chi connectivity index (χ0v) is 6.90. The van der Waals surface area contributed by atoms with Crippen molar-refractivity contribution in [2.24, 2.45) is 0 Å². The molecule has 0 heterocycles. The van der Waals surface area contributed by atoms with Gasteiger partial charge in [-0.25, -0.2) is 0 Å². The van der Waals surface area contributed by atoms with Crippen LogP contribution >= 0.6 is 0 Å². The standard InChI is InChI=1S/B5O8.H3N/c6-1-10-4(9)13-5(11-2-7)12-3-8;/h;1H3/q-1;/p+1. The van der Waals surface area contributed by atoms with Gasteiger partial charge in [-0.1, -0.05) is 0 Å². The zero-order valence-electron chi connectivity index (χ0n) is 6.90. The van der Waals surface area contributed by atoms with Crippen molar-refractivity contribution in [1.29, 1.82) is 0 Å². The fraction of sp³-hybridized carbons (Fsp3) is 0. The van der Waals surface area contributed by atoms with Gasteiger partial charge in [0, 0.05) is 0 Å². The second-order valence-electron chi connectivity index (χ2n) is 1.42. The third-order valence-corrected chi connectivity index (χ3v) is 0.728. The molecule has 0 aromatic carbocycles. The maximum absolute atomic E-state index is 10.5. The van der Waals surface area contributed by atoms with Crippen molar-refractivity contribution in [1.82, 2.24) is 6.15 Å². The van der Waals surface area contributed by atoms with Crippen LogP contribution in [0.2, 0.25) is 0 Å². The summed E-state index contributed by atoms with van der Waals surface area (Å²) in [6.07, 6.45) is 0. The fourth-order valence-corrected chi connectivity index (χ4v) is 0.359. The molecule has 0 unspecified atom stereocenters. The quantitative estimate of drug-likeness (QED) is 0.311. The van der Waals surface area contributed by atoms with Crippen molar-refractivity contribution in [3.8, 4) is 0 Å². The first-order chi connectivity index (χ1) is 6.24. The minimum atomic E-state index is -2.17. The van der Waals surface area contributed by atoms with Gasteiger partial charge in [0.25, 0.3) is 0 Å². The van der Waals surface area contributed by atoms with E-state index in [0.717, 1.165) is 0 Å². The van der Waals surface area contributed by atoms with Gasteiger partial charge in [0.1, 0.15) is 0 Å². The summed E-state index contributed by atoms with van der Waals surface area (Å²) >= 11 is 0. The number of hydrogen-bond acceptors (Lipinski definition) is 8. The summed E-state index contributed by atoms with van der Waals surface area (Å²) < 4.78 is 43.3.